The molecule has 1 amide bonds. The van der Waals surface area contributed by atoms with Gasteiger partial charge in [0, 0.05) is 31.8 Å². The van der Waals surface area contributed by atoms with E-state index in [2.05, 4.69) is 9.97 Å². The zero-order valence-corrected chi connectivity index (χ0v) is 13.3. The number of fused-ring (bicyclic) bond motifs is 1. The average Bonchev–Trinajstić information content (AvgIpc) is 3.30. The summed E-state index contributed by atoms with van der Waals surface area (Å²) in [7, 11) is 1.78. The number of carbonyl (C=O) groups is 1. The highest BCUT2D eigenvalue weighted by Gasteiger charge is 2.37. The lowest BCUT2D eigenvalue weighted by Gasteiger charge is -2.28. The van der Waals surface area contributed by atoms with Crippen molar-refractivity contribution in [2.45, 2.75) is 18.9 Å². The molecule has 0 radical (unpaired) electrons. The van der Waals surface area contributed by atoms with E-state index in [9.17, 15) is 9.18 Å². The second-order valence-electron chi connectivity index (χ2n) is 6.18. The Labute approximate surface area is 138 Å². The monoisotopic (exact) mass is 324 g/mol. The van der Waals surface area contributed by atoms with Gasteiger partial charge < -0.3 is 9.30 Å². The Morgan fingerprint density at radius 2 is 1.88 bits per heavy atom. The van der Waals surface area contributed by atoms with E-state index in [-0.39, 0.29) is 17.8 Å². The van der Waals surface area contributed by atoms with Gasteiger partial charge in [-0.2, -0.15) is 0 Å². The molecule has 24 heavy (non-hydrogen) atoms. The fourth-order valence-electron chi connectivity index (χ4n) is 3.18. The summed E-state index contributed by atoms with van der Waals surface area (Å²) in [5.74, 6) is -0.0389. The first-order valence-electron chi connectivity index (χ1n) is 7.95. The van der Waals surface area contributed by atoms with Gasteiger partial charge in [0.1, 0.15) is 5.82 Å². The Morgan fingerprint density at radius 1 is 1.21 bits per heavy atom. The molecule has 3 aromatic rings. The predicted molar refractivity (Wildman–Crippen MR) is 86.9 cm³/mol. The van der Waals surface area contributed by atoms with Crippen molar-refractivity contribution < 1.29 is 9.18 Å². The fraction of sp³-hybridized carbons (Fsp3) is 0.278. The van der Waals surface area contributed by atoms with Crippen LogP contribution in [-0.4, -0.2) is 32.2 Å². The van der Waals surface area contributed by atoms with Crippen LogP contribution in [-0.2, 0) is 0 Å². The molecule has 1 fully saturated rings. The Bertz CT molecular complexity index is 885. The smallest absolute Gasteiger partial charge is 0.276 e. The molecule has 5 nitrogen and oxygen atoms in total. The maximum absolute atomic E-state index is 13.2. The highest BCUT2D eigenvalue weighted by molar-refractivity contribution is 5.97. The van der Waals surface area contributed by atoms with Gasteiger partial charge in [0.2, 0.25) is 0 Å². The van der Waals surface area contributed by atoms with E-state index in [1.54, 1.807) is 53.3 Å². The topological polar surface area (TPSA) is 50.5 Å². The molecule has 1 unspecified atom stereocenters. The molecule has 0 aliphatic heterocycles. The summed E-state index contributed by atoms with van der Waals surface area (Å²) in [5.41, 5.74) is 1.82. The number of aromatic nitrogens is 3. The summed E-state index contributed by atoms with van der Waals surface area (Å²) in [6.45, 7) is 0. The number of rotatable bonds is 4. The first kappa shape index (κ1) is 14.8. The normalized spacial score (nSPS) is 15.4. The predicted octanol–water partition coefficient (Wildman–Crippen LogP) is 3.09. The van der Waals surface area contributed by atoms with E-state index in [1.807, 2.05) is 0 Å². The van der Waals surface area contributed by atoms with Gasteiger partial charge in [-0.05, 0) is 36.5 Å². The van der Waals surface area contributed by atoms with Crippen LogP contribution < -0.4 is 0 Å². The molecule has 1 aliphatic carbocycles. The van der Waals surface area contributed by atoms with Crippen LogP contribution in [0.5, 0.6) is 0 Å². The summed E-state index contributed by atoms with van der Waals surface area (Å²) in [4.78, 5) is 23.2. The van der Waals surface area contributed by atoms with Gasteiger partial charge in [0.05, 0.1) is 6.04 Å². The number of nitrogens with zero attached hydrogens (tertiary/aromatic N) is 4. The highest BCUT2D eigenvalue weighted by Crippen LogP contribution is 2.44. The third-order valence-electron chi connectivity index (χ3n) is 4.53. The number of amides is 1. The molecule has 6 heteroatoms. The molecule has 1 saturated carbocycles. The van der Waals surface area contributed by atoms with Gasteiger partial charge in [-0.3, -0.25) is 4.79 Å². The van der Waals surface area contributed by atoms with Crippen molar-refractivity contribution in [3.8, 4) is 0 Å². The second-order valence-corrected chi connectivity index (χ2v) is 6.18. The Morgan fingerprint density at radius 3 is 2.54 bits per heavy atom. The van der Waals surface area contributed by atoms with Crippen LogP contribution in [0.3, 0.4) is 0 Å². The Balaban J connectivity index is 1.70. The minimum absolute atomic E-state index is 0.0740. The average molecular weight is 324 g/mol. The van der Waals surface area contributed by atoms with E-state index >= 15 is 0 Å². The van der Waals surface area contributed by atoms with Gasteiger partial charge in [0.25, 0.3) is 5.91 Å². The van der Waals surface area contributed by atoms with Crippen molar-refractivity contribution in [3.63, 3.8) is 0 Å². The molecule has 1 aromatic carbocycles. The van der Waals surface area contributed by atoms with Crippen LogP contribution in [0.1, 0.15) is 34.9 Å². The number of hydrogen-bond donors (Lipinski definition) is 0. The first-order chi connectivity index (χ1) is 11.6. The lowest BCUT2D eigenvalue weighted by molar-refractivity contribution is 0.0706. The number of benzene rings is 1. The maximum atomic E-state index is 13.2. The van der Waals surface area contributed by atoms with Crippen LogP contribution in [0.2, 0.25) is 0 Å². The third-order valence-corrected chi connectivity index (χ3v) is 4.53. The number of hydrogen-bond acceptors (Lipinski definition) is 3. The molecule has 122 valence electrons. The summed E-state index contributed by atoms with van der Waals surface area (Å²) >= 11 is 0. The van der Waals surface area contributed by atoms with Crippen molar-refractivity contribution in [3.05, 3.63) is 66.1 Å². The van der Waals surface area contributed by atoms with Crippen molar-refractivity contribution in [1.82, 2.24) is 19.3 Å². The largest absolute Gasteiger partial charge is 0.333 e. The number of carbonyl (C=O) groups excluding carboxylic acids is 1. The molecule has 0 N–H and O–H groups in total. The minimum atomic E-state index is -0.272. The lowest BCUT2D eigenvalue weighted by Crippen LogP contribution is -2.33. The number of imidazole rings is 1. The Kier molecular flexibility index (Phi) is 3.52. The van der Waals surface area contributed by atoms with Gasteiger partial charge >= 0.3 is 0 Å². The molecule has 2 heterocycles. The first-order valence-corrected chi connectivity index (χ1v) is 7.95. The molecule has 0 saturated heterocycles. The highest BCUT2D eigenvalue weighted by atomic mass is 19.1. The van der Waals surface area contributed by atoms with Crippen LogP contribution in [0.25, 0.3) is 5.65 Å². The summed E-state index contributed by atoms with van der Waals surface area (Å²) in [6, 6.07) is 6.32. The molecule has 2 aromatic heterocycles. The lowest BCUT2D eigenvalue weighted by atomic mass is 10.0. The maximum Gasteiger partial charge on any atom is 0.276 e. The van der Waals surface area contributed by atoms with E-state index in [1.165, 1.54) is 12.1 Å². The van der Waals surface area contributed by atoms with Crippen molar-refractivity contribution >= 4 is 11.6 Å². The third kappa shape index (κ3) is 2.54. The minimum Gasteiger partial charge on any atom is -0.333 e. The van der Waals surface area contributed by atoms with Crippen LogP contribution >= 0.6 is 0 Å². The molecule has 1 atom stereocenters. The molecule has 0 bridgehead atoms. The summed E-state index contributed by atoms with van der Waals surface area (Å²) in [5, 5.41) is 0. The van der Waals surface area contributed by atoms with E-state index in [4.69, 9.17) is 0 Å². The van der Waals surface area contributed by atoms with Gasteiger partial charge in [-0.15, -0.1) is 0 Å². The van der Waals surface area contributed by atoms with Crippen molar-refractivity contribution in [2.75, 3.05) is 7.05 Å². The molecule has 4 rings (SSSR count). The zero-order chi connectivity index (χ0) is 16.7. The summed E-state index contributed by atoms with van der Waals surface area (Å²) in [6.07, 6.45) is 8.93. The van der Waals surface area contributed by atoms with E-state index < -0.39 is 0 Å². The van der Waals surface area contributed by atoms with E-state index in [0.29, 0.717) is 17.3 Å². The van der Waals surface area contributed by atoms with Gasteiger partial charge in [-0.25, -0.2) is 14.4 Å². The van der Waals surface area contributed by atoms with Gasteiger partial charge in [-0.1, -0.05) is 12.1 Å². The molecular formula is C18H17FN4O. The molecule has 1 aliphatic rings. The van der Waals surface area contributed by atoms with Crippen LogP contribution in [0.4, 0.5) is 4.39 Å². The quantitative estimate of drug-likeness (QED) is 0.741. The van der Waals surface area contributed by atoms with Crippen LogP contribution in [0.15, 0.2) is 49.1 Å². The zero-order valence-electron chi connectivity index (χ0n) is 13.3. The fourth-order valence-corrected chi connectivity index (χ4v) is 3.18. The molecule has 0 spiro atoms. The number of halogens is 1. The Hall–Kier alpha value is -2.76. The second kappa shape index (κ2) is 5.70. The van der Waals surface area contributed by atoms with Crippen LogP contribution in [0, 0.1) is 11.7 Å². The van der Waals surface area contributed by atoms with E-state index in [0.717, 1.165) is 18.4 Å². The molecular weight excluding hydrogens is 307 g/mol. The van der Waals surface area contributed by atoms with Crippen molar-refractivity contribution in [1.29, 1.82) is 0 Å². The van der Waals surface area contributed by atoms with Crippen molar-refractivity contribution in [2.24, 2.45) is 5.92 Å². The summed E-state index contributed by atoms with van der Waals surface area (Å²) < 4.78 is 15.0. The SMILES string of the molecule is CN(C(=O)c1nccn2ccnc12)C(c1ccc(F)cc1)C1CC1. The standard InChI is InChI=1S/C18H17FN4O/c1-22(16(12-2-3-12)13-4-6-14(19)7-5-13)18(24)15-17-21-9-11-23(17)10-8-20-15/h4-12,16H,2-3H2,1H3. The van der Waals surface area contributed by atoms with Gasteiger partial charge in [0.15, 0.2) is 11.3 Å².